The minimum atomic E-state index is -0.277. The maximum absolute atomic E-state index is 13.7. The van der Waals surface area contributed by atoms with Crippen molar-refractivity contribution in [3.05, 3.63) is 108 Å². The second kappa shape index (κ2) is 6.26. The monoisotopic (exact) mass is 387 g/mol. The molecule has 2 amide bonds. The molecule has 0 aromatic heterocycles. The summed E-state index contributed by atoms with van der Waals surface area (Å²) in [5, 5.41) is 3.53. The topological polar surface area (TPSA) is 37.4 Å². The Morgan fingerprint density at radius 1 is 0.767 bits per heavy atom. The first-order chi connectivity index (χ1) is 14.7. The standard InChI is InChI=1S/C27H17NO2/c29-26-23-11-5-9-20-16-19-8-3-4-10-22(19)25(24(20)23)27(30)28(26)21-14-12-18(13-15-21)17-6-1-2-7-17/h1,3-16H,2H2. The van der Waals surface area contributed by atoms with Crippen molar-refractivity contribution in [3.8, 4) is 0 Å². The van der Waals surface area contributed by atoms with Crippen LogP contribution < -0.4 is 4.90 Å². The number of carbonyl (C=O) groups is 2. The molecule has 1 heterocycles. The molecule has 0 bridgehead atoms. The molecule has 4 aromatic carbocycles. The van der Waals surface area contributed by atoms with E-state index in [-0.39, 0.29) is 11.8 Å². The van der Waals surface area contributed by atoms with Crippen LogP contribution in [0.15, 0.2) is 91.0 Å². The number of hydrogen-bond acceptors (Lipinski definition) is 2. The van der Waals surface area contributed by atoms with E-state index >= 15 is 0 Å². The number of benzene rings is 4. The first-order valence-corrected chi connectivity index (χ1v) is 10.0. The highest BCUT2D eigenvalue weighted by molar-refractivity contribution is 6.39. The molecule has 0 fully saturated rings. The van der Waals surface area contributed by atoms with E-state index in [1.165, 1.54) is 10.5 Å². The van der Waals surface area contributed by atoms with Gasteiger partial charge in [0.1, 0.15) is 0 Å². The van der Waals surface area contributed by atoms with E-state index in [0.717, 1.165) is 33.5 Å². The van der Waals surface area contributed by atoms with Crippen molar-refractivity contribution in [2.75, 3.05) is 4.90 Å². The van der Waals surface area contributed by atoms with Crippen molar-refractivity contribution in [1.29, 1.82) is 0 Å². The number of amides is 2. The first kappa shape index (κ1) is 16.9. The van der Waals surface area contributed by atoms with Crippen molar-refractivity contribution in [3.63, 3.8) is 0 Å². The number of rotatable bonds is 2. The Kier molecular flexibility index (Phi) is 3.53. The van der Waals surface area contributed by atoms with Gasteiger partial charge in [-0.3, -0.25) is 9.59 Å². The quantitative estimate of drug-likeness (QED) is 0.306. The number of nitrogens with zero attached hydrogens (tertiary/aromatic N) is 1. The second-order valence-corrected chi connectivity index (χ2v) is 7.67. The molecule has 0 saturated carbocycles. The molecule has 3 heteroatoms. The minimum Gasteiger partial charge on any atom is -0.268 e. The van der Waals surface area contributed by atoms with Gasteiger partial charge < -0.3 is 0 Å². The summed E-state index contributed by atoms with van der Waals surface area (Å²) in [5.74, 6) is -0.547. The van der Waals surface area contributed by atoms with Gasteiger partial charge in [-0.05, 0) is 58.0 Å². The van der Waals surface area contributed by atoms with E-state index in [0.29, 0.717) is 16.8 Å². The lowest BCUT2D eigenvalue weighted by molar-refractivity contribution is 0.0894. The number of allylic oxidation sites excluding steroid dienone is 4. The van der Waals surface area contributed by atoms with Gasteiger partial charge in [-0.1, -0.05) is 66.8 Å². The summed E-state index contributed by atoms with van der Waals surface area (Å²) in [6, 6.07) is 23.2. The summed E-state index contributed by atoms with van der Waals surface area (Å²) in [5.41, 5.74) is 4.01. The van der Waals surface area contributed by atoms with Crippen LogP contribution >= 0.6 is 0 Å². The molecule has 2 aliphatic rings. The van der Waals surface area contributed by atoms with Crippen molar-refractivity contribution >= 4 is 44.6 Å². The third-order valence-corrected chi connectivity index (χ3v) is 5.97. The van der Waals surface area contributed by atoms with Crippen molar-refractivity contribution in [1.82, 2.24) is 0 Å². The maximum Gasteiger partial charge on any atom is 0.266 e. The molecule has 0 spiro atoms. The van der Waals surface area contributed by atoms with Crippen LogP contribution in [-0.4, -0.2) is 11.8 Å². The van der Waals surface area contributed by atoms with Crippen molar-refractivity contribution in [2.45, 2.75) is 6.42 Å². The highest BCUT2D eigenvalue weighted by Crippen LogP contribution is 2.37. The molecule has 0 N–H and O–H groups in total. The summed E-state index contributed by atoms with van der Waals surface area (Å²) in [7, 11) is 0. The molecule has 30 heavy (non-hydrogen) atoms. The highest BCUT2D eigenvalue weighted by Gasteiger charge is 2.35. The Balaban J connectivity index is 1.56. The van der Waals surface area contributed by atoms with Crippen molar-refractivity contribution < 1.29 is 9.59 Å². The van der Waals surface area contributed by atoms with E-state index in [1.807, 2.05) is 72.8 Å². The zero-order valence-electron chi connectivity index (χ0n) is 16.1. The Morgan fingerprint density at radius 3 is 2.37 bits per heavy atom. The number of fused-ring (bicyclic) bond motifs is 2. The Labute approximate surface area is 173 Å². The van der Waals surface area contributed by atoms with Gasteiger partial charge in [0.05, 0.1) is 11.3 Å². The molecule has 0 unspecified atom stereocenters. The highest BCUT2D eigenvalue weighted by atomic mass is 16.2. The van der Waals surface area contributed by atoms with Gasteiger partial charge in [-0.2, -0.15) is 0 Å². The van der Waals surface area contributed by atoms with E-state index in [4.69, 9.17) is 0 Å². The Hall–Kier alpha value is -3.98. The van der Waals surface area contributed by atoms with Gasteiger partial charge in [0.25, 0.3) is 11.8 Å². The molecular weight excluding hydrogens is 370 g/mol. The maximum atomic E-state index is 13.7. The van der Waals surface area contributed by atoms with E-state index in [9.17, 15) is 9.59 Å². The number of carbonyl (C=O) groups excluding carboxylic acids is 2. The largest absolute Gasteiger partial charge is 0.268 e. The number of imide groups is 1. The molecule has 1 aliphatic heterocycles. The predicted molar refractivity (Wildman–Crippen MR) is 121 cm³/mol. The van der Waals surface area contributed by atoms with Crippen LogP contribution in [0, 0.1) is 0 Å². The van der Waals surface area contributed by atoms with Gasteiger partial charge in [-0.25, -0.2) is 4.90 Å². The summed E-state index contributed by atoms with van der Waals surface area (Å²) in [4.78, 5) is 28.3. The molecule has 0 saturated heterocycles. The first-order valence-electron chi connectivity index (χ1n) is 10.0. The predicted octanol–water partition coefficient (Wildman–Crippen LogP) is 6.14. The molecule has 4 aromatic rings. The fourth-order valence-electron chi connectivity index (χ4n) is 4.56. The lowest BCUT2D eigenvalue weighted by atomic mass is 9.89. The van der Waals surface area contributed by atoms with E-state index < -0.39 is 0 Å². The third-order valence-electron chi connectivity index (χ3n) is 5.97. The van der Waals surface area contributed by atoms with Crippen LogP contribution in [-0.2, 0) is 0 Å². The van der Waals surface area contributed by atoms with Crippen LogP contribution in [0.1, 0.15) is 32.7 Å². The summed E-state index contributed by atoms with van der Waals surface area (Å²) >= 11 is 0. The zero-order chi connectivity index (χ0) is 20.2. The average Bonchev–Trinajstić information content (AvgIpc) is 3.32. The molecule has 3 nitrogen and oxygen atoms in total. The van der Waals surface area contributed by atoms with Crippen LogP contribution in [0.25, 0.3) is 27.1 Å². The average molecular weight is 387 g/mol. The lowest BCUT2D eigenvalue weighted by Crippen LogP contribution is -2.40. The molecule has 6 rings (SSSR count). The fraction of sp³-hybridized carbons (Fsp3) is 0.0370. The van der Waals surface area contributed by atoms with Crippen LogP contribution in [0.5, 0.6) is 0 Å². The van der Waals surface area contributed by atoms with Gasteiger partial charge in [0, 0.05) is 10.9 Å². The Bertz CT molecular complexity index is 1440. The number of anilines is 1. The normalized spacial score (nSPS) is 15.3. The summed E-state index contributed by atoms with van der Waals surface area (Å²) in [6.45, 7) is 0. The summed E-state index contributed by atoms with van der Waals surface area (Å²) in [6.07, 6.45) is 7.31. The van der Waals surface area contributed by atoms with Crippen molar-refractivity contribution in [2.24, 2.45) is 0 Å². The van der Waals surface area contributed by atoms with Crippen LogP contribution in [0.3, 0.4) is 0 Å². The molecule has 0 atom stereocenters. The third kappa shape index (κ3) is 2.32. The summed E-state index contributed by atoms with van der Waals surface area (Å²) < 4.78 is 0. The number of hydrogen-bond donors (Lipinski definition) is 0. The smallest absolute Gasteiger partial charge is 0.266 e. The van der Waals surface area contributed by atoms with Gasteiger partial charge in [0.15, 0.2) is 0 Å². The van der Waals surface area contributed by atoms with E-state index in [2.05, 4.69) is 18.2 Å². The van der Waals surface area contributed by atoms with Crippen LogP contribution in [0.2, 0.25) is 0 Å². The van der Waals surface area contributed by atoms with E-state index in [1.54, 1.807) is 0 Å². The van der Waals surface area contributed by atoms with Gasteiger partial charge in [0.2, 0.25) is 0 Å². The molecule has 0 radical (unpaired) electrons. The molecule has 1 aliphatic carbocycles. The lowest BCUT2D eigenvalue weighted by Gasteiger charge is -2.28. The van der Waals surface area contributed by atoms with Gasteiger partial charge >= 0.3 is 0 Å². The second-order valence-electron chi connectivity index (χ2n) is 7.67. The van der Waals surface area contributed by atoms with Gasteiger partial charge in [-0.15, -0.1) is 0 Å². The molecular formula is C27H17NO2. The Morgan fingerprint density at radius 2 is 1.57 bits per heavy atom. The van der Waals surface area contributed by atoms with Crippen LogP contribution in [0.4, 0.5) is 5.69 Å². The minimum absolute atomic E-state index is 0.270. The fourth-order valence-corrected chi connectivity index (χ4v) is 4.56. The molecule has 142 valence electrons. The zero-order valence-corrected chi connectivity index (χ0v) is 16.1. The SMILES string of the molecule is O=C1c2cccc3cc4ccccc4c(c23)C(=O)N1c1ccc(C2=CCC=C2)cc1.